The number of hydrogen-bond donors (Lipinski definition) is 1. The highest BCUT2D eigenvalue weighted by atomic mass is 35.5. The van der Waals surface area contributed by atoms with Crippen molar-refractivity contribution >= 4 is 28.5 Å². The molecule has 0 amide bonds. The number of methoxy groups -OCH3 is 1. The van der Waals surface area contributed by atoms with Gasteiger partial charge >= 0.3 is 5.97 Å². The zero-order chi connectivity index (χ0) is 12.6. The van der Waals surface area contributed by atoms with Crippen LogP contribution in [0.4, 0.5) is 4.39 Å². The van der Waals surface area contributed by atoms with Gasteiger partial charge in [-0.15, -0.1) is 0 Å². The van der Waals surface area contributed by atoms with Crippen LogP contribution in [0.15, 0.2) is 23.0 Å². The normalized spacial score (nSPS) is 10.5. The number of carbonyl (C=O) groups is 1. The van der Waals surface area contributed by atoms with Crippen molar-refractivity contribution in [1.82, 2.24) is 4.98 Å². The first-order valence-corrected chi connectivity index (χ1v) is 5.01. The van der Waals surface area contributed by atoms with Crippen molar-refractivity contribution in [3.63, 3.8) is 0 Å². The van der Waals surface area contributed by atoms with E-state index in [-0.39, 0.29) is 21.6 Å². The third-order valence-corrected chi connectivity index (χ3v) is 2.59. The first-order valence-electron chi connectivity index (χ1n) is 4.64. The SMILES string of the molecule is COC(=O)c1cc(=O)c2ccc(Cl)c(F)c2[nH]1. The summed E-state index contributed by atoms with van der Waals surface area (Å²) in [5.74, 6) is -1.52. The summed E-state index contributed by atoms with van der Waals surface area (Å²) in [4.78, 5) is 25.4. The molecule has 0 aliphatic rings. The van der Waals surface area contributed by atoms with E-state index in [1.165, 1.54) is 19.2 Å². The lowest BCUT2D eigenvalue weighted by molar-refractivity contribution is 0.0594. The van der Waals surface area contributed by atoms with Gasteiger partial charge in [0.2, 0.25) is 0 Å². The van der Waals surface area contributed by atoms with E-state index in [1.807, 2.05) is 0 Å². The minimum absolute atomic E-state index is 0.106. The van der Waals surface area contributed by atoms with E-state index in [4.69, 9.17) is 11.6 Å². The highest BCUT2D eigenvalue weighted by Crippen LogP contribution is 2.21. The molecular formula is C11H7ClFNO3. The maximum absolute atomic E-state index is 13.7. The fourth-order valence-electron chi connectivity index (χ4n) is 1.48. The Hall–Kier alpha value is -1.88. The molecule has 17 heavy (non-hydrogen) atoms. The lowest BCUT2D eigenvalue weighted by Crippen LogP contribution is -2.12. The lowest BCUT2D eigenvalue weighted by Gasteiger charge is -2.04. The average molecular weight is 256 g/mol. The maximum atomic E-state index is 13.7. The number of fused-ring (bicyclic) bond motifs is 1. The van der Waals surface area contributed by atoms with E-state index in [0.717, 1.165) is 6.07 Å². The van der Waals surface area contributed by atoms with Crippen LogP contribution in [0.25, 0.3) is 10.9 Å². The van der Waals surface area contributed by atoms with Crippen LogP contribution in [0, 0.1) is 5.82 Å². The molecule has 0 spiro atoms. The van der Waals surface area contributed by atoms with E-state index < -0.39 is 17.2 Å². The molecule has 2 aromatic rings. The van der Waals surface area contributed by atoms with Crippen LogP contribution in [0.5, 0.6) is 0 Å². The molecule has 0 atom stereocenters. The molecule has 6 heteroatoms. The molecule has 0 saturated heterocycles. The number of ether oxygens (including phenoxy) is 1. The van der Waals surface area contributed by atoms with Crippen molar-refractivity contribution < 1.29 is 13.9 Å². The highest BCUT2D eigenvalue weighted by molar-refractivity contribution is 6.31. The summed E-state index contributed by atoms with van der Waals surface area (Å²) in [7, 11) is 1.17. The number of H-pyrrole nitrogens is 1. The van der Waals surface area contributed by atoms with Crippen LogP contribution in [0.1, 0.15) is 10.5 Å². The topological polar surface area (TPSA) is 59.2 Å². The zero-order valence-corrected chi connectivity index (χ0v) is 9.47. The monoisotopic (exact) mass is 255 g/mol. The van der Waals surface area contributed by atoms with E-state index in [9.17, 15) is 14.0 Å². The second-order valence-corrected chi connectivity index (χ2v) is 3.73. The summed E-state index contributed by atoms with van der Waals surface area (Å²) in [5, 5.41) is -0.00489. The van der Waals surface area contributed by atoms with Gasteiger partial charge in [-0.3, -0.25) is 4.79 Å². The number of benzene rings is 1. The molecule has 0 bridgehead atoms. The van der Waals surface area contributed by atoms with Gasteiger partial charge in [0.15, 0.2) is 11.2 Å². The van der Waals surface area contributed by atoms with Crippen molar-refractivity contribution in [3.05, 3.63) is 45.0 Å². The number of hydrogen-bond acceptors (Lipinski definition) is 3. The number of aromatic nitrogens is 1. The molecule has 0 aliphatic carbocycles. The van der Waals surface area contributed by atoms with E-state index >= 15 is 0 Å². The fraction of sp³-hybridized carbons (Fsp3) is 0.0909. The Morgan fingerprint density at radius 2 is 2.18 bits per heavy atom. The van der Waals surface area contributed by atoms with Gasteiger partial charge in [-0.2, -0.15) is 0 Å². The summed E-state index contributed by atoms with van der Waals surface area (Å²) in [6.45, 7) is 0. The quantitative estimate of drug-likeness (QED) is 0.794. The van der Waals surface area contributed by atoms with Gasteiger partial charge in [-0.25, -0.2) is 9.18 Å². The lowest BCUT2D eigenvalue weighted by atomic mass is 10.2. The van der Waals surface area contributed by atoms with Crippen LogP contribution in [0.2, 0.25) is 5.02 Å². The first kappa shape index (κ1) is 11.6. The molecule has 1 N–H and O–H groups in total. The predicted molar refractivity (Wildman–Crippen MR) is 60.9 cm³/mol. The summed E-state index contributed by atoms with van der Waals surface area (Å²) < 4.78 is 18.1. The van der Waals surface area contributed by atoms with Gasteiger partial charge < -0.3 is 9.72 Å². The summed E-state index contributed by atoms with van der Waals surface area (Å²) in [6.07, 6.45) is 0. The Balaban J connectivity index is 2.84. The van der Waals surface area contributed by atoms with Crippen LogP contribution in [-0.4, -0.2) is 18.1 Å². The smallest absolute Gasteiger partial charge is 0.354 e. The number of aromatic amines is 1. The van der Waals surface area contributed by atoms with Gasteiger partial charge in [-0.1, -0.05) is 11.6 Å². The molecule has 1 heterocycles. The summed E-state index contributed by atoms with van der Waals surface area (Å²) in [6, 6.07) is 3.73. The Morgan fingerprint density at radius 1 is 1.47 bits per heavy atom. The Bertz CT molecular complexity index is 666. The number of nitrogens with one attached hydrogen (secondary N) is 1. The van der Waals surface area contributed by atoms with Crippen molar-refractivity contribution in [2.75, 3.05) is 7.11 Å². The minimum atomic E-state index is -0.771. The molecule has 0 radical (unpaired) electrons. The number of rotatable bonds is 1. The van der Waals surface area contributed by atoms with Gasteiger partial charge in [0.25, 0.3) is 0 Å². The van der Waals surface area contributed by atoms with Gasteiger partial charge in [0.05, 0.1) is 17.6 Å². The van der Waals surface area contributed by atoms with Crippen molar-refractivity contribution in [1.29, 1.82) is 0 Å². The van der Waals surface area contributed by atoms with Gasteiger partial charge in [0.1, 0.15) is 5.69 Å². The van der Waals surface area contributed by atoms with E-state index in [0.29, 0.717) is 0 Å². The minimum Gasteiger partial charge on any atom is -0.464 e. The van der Waals surface area contributed by atoms with Gasteiger partial charge in [0, 0.05) is 11.5 Å². The third kappa shape index (κ3) is 1.89. The summed E-state index contributed by atoms with van der Waals surface area (Å²) >= 11 is 5.59. The van der Waals surface area contributed by atoms with Crippen LogP contribution in [-0.2, 0) is 4.74 Å². The number of pyridine rings is 1. The summed E-state index contributed by atoms with van der Waals surface area (Å²) in [5.41, 5.74) is -0.703. The number of halogens is 2. The fourth-order valence-corrected chi connectivity index (χ4v) is 1.64. The largest absolute Gasteiger partial charge is 0.464 e. The second-order valence-electron chi connectivity index (χ2n) is 3.32. The zero-order valence-electron chi connectivity index (χ0n) is 8.71. The Morgan fingerprint density at radius 3 is 2.82 bits per heavy atom. The molecule has 4 nitrogen and oxygen atoms in total. The van der Waals surface area contributed by atoms with Crippen molar-refractivity contribution in [3.8, 4) is 0 Å². The molecular weight excluding hydrogens is 249 g/mol. The van der Waals surface area contributed by atoms with Crippen LogP contribution >= 0.6 is 11.6 Å². The molecule has 2 rings (SSSR count). The highest BCUT2D eigenvalue weighted by Gasteiger charge is 2.13. The van der Waals surface area contributed by atoms with Crippen LogP contribution < -0.4 is 5.43 Å². The molecule has 88 valence electrons. The van der Waals surface area contributed by atoms with E-state index in [1.54, 1.807) is 0 Å². The molecule has 0 fully saturated rings. The Kier molecular flexibility index (Phi) is 2.85. The molecule has 0 unspecified atom stereocenters. The van der Waals surface area contributed by atoms with E-state index in [2.05, 4.69) is 9.72 Å². The Labute approximate surface area is 100.0 Å². The van der Waals surface area contributed by atoms with Gasteiger partial charge in [-0.05, 0) is 12.1 Å². The van der Waals surface area contributed by atoms with Crippen molar-refractivity contribution in [2.45, 2.75) is 0 Å². The number of esters is 1. The third-order valence-electron chi connectivity index (χ3n) is 2.30. The van der Waals surface area contributed by atoms with Crippen LogP contribution in [0.3, 0.4) is 0 Å². The molecule has 0 aliphatic heterocycles. The molecule has 1 aromatic carbocycles. The first-order chi connectivity index (χ1) is 8.04. The number of carbonyl (C=O) groups excluding carboxylic acids is 1. The second kappa shape index (κ2) is 4.18. The standard InChI is InChI=1S/C11H7ClFNO3/c1-17-11(16)7-4-8(15)5-2-3-6(12)9(13)10(5)14-7/h2-4H,1H3,(H,14,15). The molecule has 1 aromatic heterocycles. The average Bonchev–Trinajstić information content (AvgIpc) is 2.33. The van der Waals surface area contributed by atoms with Crippen molar-refractivity contribution in [2.24, 2.45) is 0 Å². The molecule has 0 saturated carbocycles. The predicted octanol–water partition coefficient (Wildman–Crippen LogP) is 2.11. The maximum Gasteiger partial charge on any atom is 0.354 e.